The maximum Gasteiger partial charge on any atom is 0.160 e. The summed E-state index contributed by atoms with van der Waals surface area (Å²) in [4.78, 5) is 14.4. The van der Waals surface area contributed by atoms with Crippen LogP contribution in [0.15, 0.2) is 197 Å². The van der Waals surface area contributed by atoms with Gasteiger partial charge in [0.15, 0.2) is 5.82 Å². The first-order valence-corrected chi connectivity index (χ1v) is 18.7. The van der Waals surface area contributed by atoms with Crippen molar-refractivity contribution in [1.82, 2.24) is 15.0 Å². The highest BCUT2D eigenvalue weighted by atomic mass is 16.3. The first-order valence-electron chi connectivity index (χ1n) is 18.7. The van der Waals surface area contributed by atoms with E-state index in [9.17, 15) is 0 Å². The fourth-order valence-corrected chi connectivity index (χ4v) is 7.96. The number of pyridine rings is 1. The summed E-state index contributed by atoms with van der Waals surface area (Å²) in [6.45, 7) is 0. The van der Waals surface area contributed by atoms with E-state index in [4.69, 9.17) is 18.8 Å². The van der Waals surface area contributed by atoms with Gasteiger partial charge in [-0.05, 0) is 76.3 Å². The van der Waals surface area contributed by atoms with Crippen molar-refractivity contribution < 1.29 is 8.83 Å². The molecule has 5 heteroatoms. The predicted octanol–water partition coefficient (Wildman–Crippen LogP) is 13.7. The average molecular weight is 718 g/mol. The number of aromatic nitrogens is 3. The zero-order chi connectivity index (χ0) is 37.0. The highest BCUT2D eigenvalue weighted by Crippen LogP contribution is 2.45. The SMILES string of the molecule is c1ccc(-c2cc(-c3ccc(-c4ccc(-c5cccc6oc7ccccc7c56)c5oc6ccccc6c45)cc3)nc(-c3cccc(-c4ccncc4)c3)n2)cc1. The topological polar surface area (TPSA) is 65.0 Å². The molecule has 0 spiro atoms. The maximum absolute atomic E-state index is 6.73. The number of rotatable bonds is 6. The second-order valence-electron chi connectivity index (χ2n) is 14.0. The van der Waals surface area contributed by atoms with Gasteiger partial charge in [0.2, 0.25) is 0 Å². The number of benzene rings is 7. The summed E-state index contributed by atoms with van der Waals surface area (Å²) in [5, 5.41) is 4.34. The van der Waals surface area contributed by atoms with Crippen LogP contribution in [0.3, 0.4) is 0 Å². The molecule has 0 amide bonds. The van der Waals surface area contributed by atoms with E-state index in [1.807, 2.05) is 73.1 Å². The molecule has 5 nitrogen and oxygen atoms in total. The van der Waals surface area contributed by atoms with Gasteiger partial charge in [0.25, 0.3) is 0 Å². The van der Waals surface area contributed by atoms with Gasteiger partial charge < -0.3 is 8.83 Å². The van der Waals surface area contributed by atoms with Crippen molar-refractivity contribution >= 4 is 43.9 Å². The number of para-hydroxylation sites is 2. The Morgan fingerprint density at radius 2 is 0.929 bits per heavy atom. The van der Waals surface area contributed by atoms with Gasteiger partial charge >= 0.3 is 0 Å². The van der Waals surface area contributed by atoms with E-state index in [0.717, 1.165) is 105 Å². The largest absolute Gasteiger partial charge is 0.456 e. The molecule has 0 atom stereocenters. The van der Waals surface area contributed by atoms with E-state index in [0.29, 0.717) is 5.82 Å². The first-order chi connectivity index (χ1) is 27.7. The molecule has 0 unspecified atom stereocenters. The summed E-state index contributed by atoms with van der Waals surface area (Å²) in [7, 11) is 0. The molecular formula is C51H31N3O2. The fraction of sp³-hybridized carbons (Fsp3) is 0. The lowest BCUT2D eigenvalue weighted by atomic mass is 9.92. The second kappa shape index (κ2) is 13.0. The molecule has 0 aliphatic heterocycles. The molecule has 0 bridgehead atoms. The van der Waals surface area contributed by atoms with E-state index < -0.39 is 0 Å². The number of fused-ring (bicyclic) bond motifs is 6. The lowest BCUT2D eigenvalue weighted by molar-refractivity contribution is 0.668. The van der Waals surface area contributed by atoms with Crippen molar-refractivity contribution in [3.8, 4) is 67.3 Å². The third-order valence-electron chi connectivity index (χ3n) is 10.6. The van der Waals surface area contributed by atoms with Crippen molar-refractivity contribution in [3.63, 3.8) is 0 Å². The van der Waals surface area contributed by atoms with Crippen molar-refractivity contribution in [2.24, 2.45) is 0 Å². The highest BCUT2D eigenvalue weighted by molar-refractivity contribution is 6.20. The Morgan fingerprint density at radius 1 is 0.339 bits per heavy atom. The molecule has 0 radical (unpaired) electrons. The molecule has 4 heterocycles. The molecule has 262 valence electrons. The molecule has 0 fully saturated rings. The molecule has 0 aliphatic carbocycles. The zero-order valence-corrected chi connectivity index (χ0v) is 30.1. The van der Waals surface area contributed by atoms with Crippen LogP contribution >= 0.6 is 0 Å². The van der Waals surface area contributed by atoms with Gasteiger partial charge in [-0.2, -0.15) is 0 Å². The number of hydrogen-bond acceptors (Lipinski definition) is 5. The number of furan rings is 2. The Labute approximate surface area is 322 Å². The maximum atomic E-state index is 6.73. The molecule has 0 saturated heterocycles. The Morgan fingerprint density at radius 3 is 1.71 bits per heavy atom. The smallest absolute Gasteiger partial charge is 0.160 e. The third kappa shape index (κ3) is 5.37. The van der Waals surface area contributed by atoms with Crippen LogP contribution < -0.4 is 0 Å². The standard InChI is InChI=1S/C51H31N3O2/c1-2-10-34(11-3-1)43-31-44(54-51(53-43)37-13-8-12-36(30-37)32-26-28-52-29-27-32)35-22-20-33(21-23-35)38-24-25-40(50-49(38)42-15-5-7-18-46(42)56-50)39-16-9-19-47-48(39)41-14-4-6-17-45(41)55-47/h1-31H. The van der Waals surface area contributed by atoms with Crippen LogP contribution in [-0.4, -0.2) is 15.0 Å². The average Bonchev–Trinajstić information content (AvgIpc) is 3.86. The van der Waals surface area contributed by atoms with Crippen LogP contribution in [0.5, 0.6) is 0 Å². The predicted molar refractivity (Wildman–Crippen MR) is 227 cm³/mol. The molecule has 11 aromatic rings. The van der Waals surface area contributed by atoms with Gasteiger partial charge in [-0.1, -0.05) is 127 Å². The van der Waals surface area contributed by atoms with E-state index in [2.05, 4.69) is 120 Å². The quantitative estimate of drug-likeness (QED) is 0.171. The van der Waals surface area contributed by atoms with Crippen LogP contribution in [0.1, 0.15) is 0 Å². The van der Waals surface area contributed by atoms with Gasteiger partial charge in [-0.15, -0.1) is 0 Å². The molecule has 0 saturated carbocycles. The van der Waals surface area contributed by atoms with Gasteiger partial charge in [0, 0.05) is 56.2 Å². The van der Waals surface area contributed by atoms with Crippen LogP contribution in [-0.2, 0) is 0 Å². The fourth-order valence-electron chi connectivity index (χ4n) is 7.96. The Balaban J connectivity index is 1.04. The number of nitrogens with zero attached hydrogens (tertiary/aromatic N) is 3. The minimum absolute atomic E-state index is 0.670. The lowest BCUT2D eigenvalue weighted by Crippen LogP contribution is -1.96. The number of hydrogen-bond donors (Lipinski definition) is 0. The summed E-state index contributed by atoms with van der Waals surface area (Å²) in [5.74, 6) is 0.670. The monoisotopic (exact) mass is 717 g/mol. The highest BCUT2D eigenvalue weighted by Gasteiger charge is 2.21. The van der Waals surface area contributed by atoms with Gasteiger partial charge in [-0.3, -0.25) is 4.98 Å². The molecular weight excluding hydrogens is 687 g/mol. The molecule has 7 aromatic carbocycles. The van der Waals surface area contributed by atoms with Crippen molar-refractivity contribution in [2.75, 3.05) is 0 Å². The summed E-state index contributed by atoms with van der Waals surface area (Å²) in [6.07, 6.45) is 3.63. The van der Waals surface area contributed by atoms with Gasteiger partial charge in [0.05, 0.1) is 11.4 Å². The Kier molecular flexibility index (Phi) is 7.42. The molecule has 56 heavy (non-hydrogen) atoms. The van der Waals surface area contributed by atoms with Crippen LogP contribution in [0, 0.1) is 0 Å². The summed E-state index contributed by atoms with van der Waals surface area (Å²) in [6, 6.07) is 60.6. The minimum Gasteiger partial charge on any atom is -0.456 e. The molecule has 11 rings (SSSR count). The first kappa shape index (κ1) is 31.9. The summed E-state index contributed by atoms with van der Waals surface area (Å²) < 4.78 is 13.0. The minimum atomic E-state index is 0.670. The van der Waals surface area contributed by atoms with Crippen molar-refractivity contribution in [1.29, 1.82) is 0 Å². The normalized spacial score (nSPS) is 11.6. The Hall–Kier alpha value is -7.63. The van der Waals surface area contributed by atoms with E-state index in [1.165, 1.54) is 0 Å². The zero-order valence-electron chi connectivity index (χ0n) is 30.1. The second-order valence-corrected chi connectivity index (χ2v) is 14.0. The van der Waals surface area contributed by atoms with E-state index >= 15 is 0 Å². The molecule has 0 N–H and O–H groups in total. The lowest BCUT2D eigenvalue weighted by Gasteiger charge is -2.12. The van der Waals surface area contributed by atoms with Crippen LogP contribution in [0.4, 0.5) is 0 Å². The van der Waals surface area contributed by atoms with Crippen LogP contribution in [0.25, 0.3) is 111 Å². The summed E-state index contributed by atoms with van der Waals surface area (Å²) in [5.41, 5.74) is 14.6. The molecule has 0 aliphatic rings. The Bertz CT molecular complexity index is 3240. The van der Waals surface area contributed by atoms with Crippen molar-refractivity contribution in [3.05, 3.63) is 188 Å². The van der Waals surface area contributed by atoms with Crippen LogP contribution in [0.2, 0.25) is 0 Å². The third-order valence-corrected chi connectivity index (χ3v) is 10.6. The van der Waals surface area contributed by atoms with E-state index in [1.54, 1.807) is 0 Å². The summed E-state index contributed by atoms with van der Waals surface area (Å²) >= 11 is 0. The van der Waals surface area contributed by atoms with Crippen molar-refractivity contribution in [2.45, 2.75) is 0 Å². The van der Waals surface area contributed by atoms with Gasteiger partial charge in [0.1, 0.15) is 22.3 Å². The van der Waals surface area contributed by atoms with E-state index in [-0.39, 0.29) is 0 Å². The molecule has 4 aromatic heterocycles. The van der Waals surface area contributed by atoms with Gasteiger partial charge in [-0.25, -0.2) is 9.97 Å².